The molecule has 0 aliphatic carbocycles. The number of hydrogen-bond donors (Lipinski definition) is 1. The van der Waals surface area contributed by atoms with Crippen molar-refractivity contribution >= 4 is 38.7 Å². The van der Waals surface area contributed by atoms with Crippen molar-refractivity contribution in [3.8, 4) is 11.4 Å². The lowest BCUT2D eigenvalue weighted by Gasteiger charge is -2.25. The van der Waals surface area contributed by atoms with Crippen molar-refractivity contribution in [1.29, 1.82) is 0 Å². The molecule has 0 radical (unpaired) electrons. The smallest absolute Gasteiger partial charge is 0.186 e. The third kappa shape index (κ3) is 2.63. The maximum absolute atomic E-state index is 4.70. The highest BCUT2D eigenvalue weighted by atomic mass is 79.9. The third-order valence-electron chi connectivity index (χ3n) is 4.40. The summed E-state index contributed by atoms with van der Waals surface area (Å²) in [4.78, 5) is 4.42. The van der Waals surface area contributed by atoms with Crippen LogP contribution in [0.1, 0.15) is 12.2 Å². The van der Waals surface area contributed by atoms with Gasteiger partial charge in [-0.1, -0.05) is 0 Å². The van der Waals surface area contributed by atoms with E-state index >= 15 is 0 Å². The first-order chi connectivity index (χ1) is 12.3. The maximum Gasteiger partial charge on any atom is 0.186 e. The largest absolute Gasteiger partial charge is 0.364 e. The summed E-state index contributed by atoms with van der Waals surface area (Å²) in [5, 5.41) is 20.8. The maximum atomic E-state index is 4.70. The second-order valence-electron chi connectivity index (χ2n) is 6.01. The van der Waals surface area contributed by atoms with Crippen LogP contribution in [0.2, 0.25) is 0 Å². The Hall–Kier alpha value is -2.26. The third-order valence-corrected chi connectivity index (χ3v) is 5.72. The molecule has 0 fully saturated rings. The molecule has 0 aromatic carbocycles. The second-order valence-corrected chi connectivity index (χ2v) is 7.60. The first-order valence-electron chi connectivity index (χ1n) is 7.99. The van der Waals surface area contributed by atoms with E-state index in [2.05, 4.69) is 46.4 Å². The number of aryl methyl sites for hydroxylation is 1. The second kappa shape index (κ2) is 5.92. The Labute approximate surface area is 155 Å². The molecule has 1 aliphatic heterocycles. The van der Waals surface area contributed by atoms with E-state index in [1.165, 1.54) is 0 Å². The quantitative estimate of drug-likeness (QED) is 0.555. The number of hydrogen-bond acceptors (Lipinski definition) is 6. The van der Waals surface area contributed by atoms with Gasteiger partial charge in [0.15, 0.2) is 11.5 Å². The minimum absolute atomic E-state index is 0.309. The van der Waals surface area contributed by atoms with E-state index in [0.717, 1.165) is 52.7 Å². The highest BCUT2D eigenvalue weighted by Gasteiger charge is 2.21. The molecule has 0 saturated carbocycles. The topological polar surface area (TPSA) is 72.9 Å². The Morgan fingerprint density at radius 1 is 1.24 bits per heavy atom. The lowest BCUT2D eigenvalue weighted by atomic mass is 10.1. The molecule has 0 saturated heterocycles. The van der Waals surface area contributed by atoms with Crippen LogP contribution in [0.15, 0.2) is 39.8 Å². The lowest BCUT2D eigenvalue weighted by molar-refractivity contribution is 0.470. The first-order valence-corrected chi connectivity index (χ1v) is 9.73. The summed E-state index contributed by atoms with van der Waals surface area (Å²) in [5.74, 6) is 2.73. The van der Waals surface area contributed by atoms with Gasteiger partial charge in [-0.25, -0.2) is 4.98 Å². The van der Waals surface area contributed by atoms with Crippen LogP contribution in [-0.2, 0) is 13.0 Å². The van der Waals surface area contributed by atoms with Crippen LogP contribution >= 0.6 is 27.3 Å². The van der Waals surface area contributed by atoms with Gasteiger partial charge in [-0.3, -0.25) is 0 Å². The van der Waals surface area contributed by atoms with E-state index < -0.39 is 0 Å². The first kappa shape index (κ1) is 15.0. The van der Waals surface area contributed by atoms with Crippen LogP contribution in [0.5, 0.6) is 0 Å². The zero-order valence-electron chi connectivity index (χ0n) is 13.1. The standard InChI is InChI=1S/C16H14BrN7S/c17-12-7-18-14-3-1-11(8-23(12)14)19-13-2-4-15-20-21-16(24(15)22-13)10-5-6-25-9-10/h2,4-7,9,11H,1,3,8H2,(H,19,22). The molecule has 5 rings (SSSR count). The monoisotopic (exact) mass is 415 g/mol. The van der Waals surface area contributed by atoms with E-state index in [1.807, 2.05) is 29.8 Å². The number of nitrogens with one attached hydrogen (secondary N) is 1. The summed E-state index contributed by atoms with van der Waals surface area (Å²) in [6.45, 7) is 0.870. The van der Waals surface area contributed by atoms with Crippen LogP contribution in [0.3, 0.4) is 0 Å². The van der Waals surface area contributed by atoms with E-state index in [1.54, 1.807) is 15.9 Å². The molecule has 1 N–H and O–H groups in total. The van der Waals surface area contributed by atoms with Crippen LogP contribution in [0.4, 0.5) is 5.82 Å². The van der Waals surface area contributed by atoms with Crippen LogP contribution in [0, 0.1) is 0 Å². The Morgan fingerprint density at radius 2 is 2.20 bits per heavy atom. The number of fused-ring (bicyclic) bond motifs is 2. The molecular weight excluding hydrogens is 402 g/mol. The zero-order chi connectivity index (χ0) is 16.8. The average Bonchev–Trinajstić information content (AvgIpc) is 3.35. The summed E-state index contributed by atoms with van der Waals surface area (Å²) >= 11 is 5.20. The fourth-order valence-corrected chi connectivity index (χ4v) is 4.25. The molecule has 7 nitrogen and oxygen atoms in total. The normalized spacial score (nSPS) is 16.9. The minimum atomic E-state index is 0.309. The minimum Gasteiger partial charge on any atom is -0.364 e. The van der Waals surface area contributed by atoms with Gasteiger partial charge >= 0.3 is 0 Å². The molecule has 0 spiro atoms. The molecule has 1 atom stereocenters. The van der Waals surface area contributed by atoms with Crippen LogP contribution < -0.4 is 5.32 Å². The van der Waals surface area contributed by atoms with Gasteiger partial charge < -0.3 is 9.88 Å². The number of halogens is 1. The van der Waals surface area contributed by atoms with Crippen molar-refractivity contribution in [3.05, 3.63) is 45.6 Å². The molecule has 25 heavy (non-hydrogen) atoms. The predicted molar refractivity (Wildman–Crippen MR) is 99.8 cm³/mol. The van der Waals surface area contributed by atoms with E-state index in [-0.39, 0.29) is 0 Å². The molecular formula is C16H14BrN7S. The predicted octanol–water partition coefficient (Wildman–Crippen LogP) is 3.24. The fourth-order valence-electron chi connectivity index (χ4n) is 3.16. The Morgan fingerprint density at radius 3 is 3.08 bits per heavy atom. The number of thiophene rings is 1. The van der Waals surface area contributed by atoms with E-state index in [0.29, 0.717) is 6.04 Å². The summed E-state index contributed by atoms with van der Waals surface area (Å²) < 4.78 is 5.03. The molecule has 0 bridgehead atoms. The molecule has 9 heteroatoms. The lowest BCUT2D eigenvalue weighted by Crippen LogP contribution is -2.32. The summed E-state index contributed by atoms with van der Waals surface area (Å²) in [5.41, 5.74) is 1.78. The molecule has 126 valence electrons. The summed E-state index contributed by atoms with van der Waals surface area (Å²) in [6, 6.07) is 6.24. The van der Waals surface area contributed by atoms with Crippen LogP contribution in [-0.4, -0.2) is 35.4 Å². The Kier molecular flexibility index (Phi) is 3.56. The van der Waals surface area contributed by atoms with E-state index in [4.69, 9.17) is 5.10 Å². The van der Waals surface area contributed by atoms with Gasteiger partial charge in [-0.05, 0) is 45.9 Å². The van der Waals surface area contributed by atoms with Gasteiger partial charge in [0, 0.05) is 30.0 Å². The van der Waals surface area contributed by atoms with Gasteiger partial charge in [0.05, 0.1) is 6.20 Å². The summed E-state index contributed by atoms with van der Waals surface area (Å²) in [7, 11) is 0. The SMILES string of the molecule is Brc1cnc2n1CC(Nc1ccc3nnc(-c4ccsc4)n3n1)CC2. The van der Waals surface area contributed by atoms with Crippen molar-refractivity contribution in [3.63, 3.8) is 0 Å². The van der Waals surface area contributed by atoms with Crippen molar-refractivity contribution in [2.45, 2.75) is 25.4 Å². The Balaban J connectivity index is 1.44. The highest BCUT2D eigenvalue weighted by Crippen LogP contribution is 2.24. The summed E-state index contributed by atoms with van der Waals surface area (Å²) in [6.07, 6.45) is 3.85. The average molecular weight is 416 g/mol. The number of anilines is 1. The van der Waals surface area contributed by atoms with Gasteiger partial charge in [0.2, 0.25) is 0 Å². The highest BCUT2D eigenvalue weighted by molar-refractivity contribution is 9.10. The molecule has 5 heterocycles. The zero-order valence-corrected chi connectivity index (χ0v) is 15.5. The number of nitrogens with zero attached hydrogens (tertiary/aromatic N) is 6. The van der Waals surface area contributed by atoms with Crippen molar-refractivity contribution < 1.29 is 0 Å². The molecule has 1 aliphatic rings. The molecule has 4 aromatic heterocycles. The Bertz CT molecular complexity index is 1040. The molecule has 1 unspecified atom stereocenters. The van der Waals surface area contributed by atoms with Gasteiger partial charge in [0.1, 0.15) is 16.2 Å². The van der Waals surface area contributed by atoms with Gasteiger partial charge in [-0.2, -0.15) is 15.9 Å². The van der Waals surface area contributed by atoms with Crippen molar-refractivity contribution in [2.75, 3.05) is 5.32 Å². The van der Waals surface area contributed by atoms with E-state index in [9.17, 15) is 0 Å². The van der Waals surface area contributed by atoms with Gasteiger partial charge in [0.25, 0.3) is 0 Å². The number of imidazole rings is 1. The number of rotatable bonds is 3. The molecule has 4 aromatic rings. The van der Waals surface area contributed by atoms with Gasteiger partial charge in [-0.15, -0.1) is 15.3 Å². The number of aromatic nitrogens is 6. The fraction of sp³-hybridized carbons (Fsp3) is 0.250. The van der Waals surface area contributed by atoms with Crippen molar-refractivity contribution in [2.24, 2.45) is 0 Å². The molecule has 0 amide bonds. The van der Waals surface area contributed by atoms with Crippen LogP contribution in [0.25, 0.3) is 17.0 Å². The van der Waals surface area contributed by atoms with Crippen molar-refractivity contribution in [1.82, 2.24) is 29.4 Å².